The molecule has 0 radical (unpaired) electrons. The van der Waals surface area contributed by atoms with Crippen LogP contribution in [-0.4, -0.2) is 15.4 Å². The van der Waals surface area contributed by atoms with Gasteiger partial charge in [-0.3, -0.25) is 0 Å². The molecule has 0 amide bonds. The van der Waals surface area contributed by atoms with Gasteiger partial charge in [0.05, 0.1) is 5.39 Å². The second-order valence-corrected chi connectivity index (χ2v) is 8.81. The quantitative estimate of drug-likeness (QED) is 0.125. The summed E-state index contributed by atoms with van der Waals surface area (Å²) in [5.41, 5.74) is 0.217. The largest absolute Gasteiger partial charge is 0.203 e. The minimum Gasteiger partial charge on any atom is -0.203 e. The Morgan fingerprint density at radius 2 is 1.34 bits per heavy atom. The van der Waals surface area contributed by atoms with Gasteiger partial charge in [-0.1, -0.05) is 45.0 Å². The summed E-state index contributed by atoms with van der Waals surface area (Å²) in [7, 11) is 0. The zero-order valence-corrected chi connectivity index (χ0v) is 17.5. The number of nitrogens with zero attached hydrogens (tertiary/aromatic N) is 3. The number of halogens is 4. The van der Waals surface area contributed by atoms with Crippen molar-refractivity contribution in [3.05, 3.63) is 77.4 Å². The Balaban J connectivity index is 1.92. The van der Waals surface area contributed by atoms with Crippen LogP contribution in [0.1, 0.15) is 26.3 Å². The number of hydrogen-bond acceptors (Lipinski definition) is 3. The van der Waals surface area contributed by atoms with Crippen molar-refractivity contribution in [3.8, 4) is 11.3 Å². The third-order valence-electron chi connectivity index (χ3n) is 5.67. The highest BCUT2D eigenvalue weighted by Crippen LogP contribution is 2.38. The fourth-order valence-corrected chi connectivity index (χ4v) is 4.10. The third kappa shape index (κ3) is 2.99. The summed E-state index contributed by atoms with van der Waals surface area (Å²) in [6.45, 7) is 6.10. The highest BCUT2D eigenvalue weighted by Gasteiger charge is 2.26. The molecule has 0 atom stereocenters. The second kappa shape index (κ2) is 6.95. The number of hydrogen-bond donors (Lipinski definition) is 0. The fraction of sp³-hybridized carbons (Fsp3) is 0.160. The van der Waals surface area contributed by atoms with Crippen molar-refractivity contribution in [2.24, 2.45) is 0 Å². The average Bonchev–Trinajstić information content (AvgIpc) is 2.78. The van der Waals surface area contributed by atoms with Crippen molar-refractivity contribution in [2.75, 3.05) is 0 Å². The van der Waals surface area contributed by atoms with Crippen LogP contribution < -0.4 is 0 Å². The lowest BCUT2D eigenvalue weighted by molar-refractivity contribution is 0.416. The molecular formula is C25H17F4N3. The smallest absolute Gasteiger partial charge is 0.199 e. The van der Waals surface area contributed by atoms with Gasteiger partial charge in [0.1, 0.15) is 11.2 Å². The highest BCUT2D eigenvalue weighted by molar-refractivity contribution is 6.03. The Bertz CT molecular complexity index is 1560. The summed E-state index contributed by atoms with van der Waals surface area (Å²) in [6.07, 6.45) is 0. The van der Waals surface area contributed by atoms with Crippen LogP contribution in [0.15, 0.2) is 48.5 Å². The van der Waals surface area contributed by atoms with Crippen LogP contribution in [-0.2, 0) is 5.41 Å². The highest BCUT2D eigenvalue weighted by atomic mass is 19.2. The second-order valence-electron chi connectivity index (χ2n) is 8.81. The van der Waals surface area contributed by atoms with Crippen molar-refractivity contribution < 1.29 is 17.6 Å². The maximum Gasteiger partial charge on any atom is 0.199 e. The zero-order chi connectivity index (χ0) is 22.8. The lowest BCUT2D eigenvalue weighted by Crippen LogP contribution is -2.12. The maximum atomic E-state index is 14.8. The topological polar surface area (TPSA) is 38.7 Å². The molecule has 0 unspecified atom stereocenters. The van der Waals surface area contributed by atoms with E-state index in [0.717, 1.165) is 27.1 Å². The van der Waals surface area contributed by atoms with Crippen molar-refractivity contribution in [2.45, 2.75) is 26.2 Å². The molecule has 0 aliphatic heterocycles. The number of fused-ring (bicyclic) bond motifs is 3. The molecule has 3 nitrogen and oxygen atoms in total. The van der Waals surface area contributed by atoms with E-state index in [4.69, 9.17) is 0 Å². The minimum absolute atomic E-state index is 0.106. The summed E-state index contributed by atoms with van der Waals surface area (Å²) < 4.78 is 56.9. The molecule has 0 bridgehead atoms. The summed E-state index contributed by atoms with van der Waals surface area (Å²) in [4.78, 5) is 0. The van der Waals surface area contributed by atoms with Gasteiger partial charge < -0.3 is 0 Å². The van der Waals surface area contributed by atoms with Gasteiger partial charge in [-0.15, -0.1) is 10.2 Å². The molecule has 7 heteroatoms. The first kappa shape index (κ1) is 20.3. The van der Waals surface area contributed by atoms with Gasteiger partial charge in [0.25, 0.3) is 0 Å². The zero-order valence-electron chi connectivity index (χ0n) is 17.5. The van der Waals surface area contributed by atoms with E-state index in [2.05, 4.69) is 21.5 Å². The Morgan fingerprint density at radius 1 is 0.688 bits per heavy atom. The van der Waals surface area contributed by atoms with E-state index in [-0.39, 0.29) is 11.1 Å². The molecule has 5 aromatic rings. The van der Waals surface area contributed by atoms with Crippen molar-refractivity contribution in [1.29, 1.82) is 0 Å². The molecule has 0 fully saturated rings. The maximum absolute atomic E-state index is 14.8. The summed E-state index contributed by atoms with van der Waals surface area (Å²) >= 11 is 0. The van der Waals surface area contributed by atoms with Gasteiger partial charge in [-0.05, 0) is 62.0 Å². The fourth-order valence-electron chi connectivity index (χ4n) is 4.10. The van der Waals surface area contributed by atoms with Gasteiger partial charge in [0.2, 0.25) is 0 Å². The average molecular weight is 435 g/mol. The molecule has 5 rings (SSSR count). The normalized spacial score (nSPS) is 12.2. The first-order valence-corrected chi connectivity index (χ1v) is 9.99. The van der Waals surface area contributed by atoms with Crippen LogP contribution in [0, 0.1) is 23.3 Å². The first-order valence-electron chi connectivity index (χ1n) is 9.99. The Labute approximate surface area is 180 Å². The Kier molecular flexibility index (Phi) is 4.41. The third-order valence-corrected chi connectivity index (χ3v) is 5.67. The van der Waals surface area contributed by atoms with E-state index >= 15 is 0 Å². The monoisotopic (exact) mass is 435 g/mol. The standard InChI is InChI=1S/C25H17F4N3/c1-25(2,3)17-11-15(9-14-8-12-6-4-5-7-13(12)10-16(14)17)23-18-19(26)20(27)21(28)22(29)24(18)31-32-30-23/h4-11H,1-3H3. The number of benzene rings is 4. The lowest BCUT2D eigenvalue weighted by Gasteiger charge is -2.23. The van der Waals surface area contributed by atoms with E-state index in [1.165, 1.54) is 0 Å². The predicted molar refractivity (Wildman–Crippen MR) is 116 cm³/mol. The van der Waals surface area contributed by atoms with Crippen LogP contribution >= 0.6 is 0 Å². The van der Waals surface area contributed by atoms with Crippen LogP contribution in [0.4, 0.5) is 17.6 Å². The molecule has 1 aromatic heterocycles. The Hall–Kier alpha value is -3.61. The van der Waals surface area contributed by atoms with Crippen LogP contribution in [0.3, 0.4) is 0 Å². The molecule has 160 valence electrons. The summed E-state index contributed by atoms with van der Waals surface area (Å²) in [5.74, 6) is -6.99. The van der Waals surface area contributed by atoms with E-state index in [1.807, 2.05) is 51.1 Å². The molecule has 0 spiro atoms. The summed E-state index contributed by atoms with van der Waals surface area (Å²) in [5, 5.41) is 14.2. The van der Waals surface area contributed by atoms with E-state index in [0.29, 0.717) is 5.56 Å². The van der Waals surface area contributed by atoms with Crippen LogP contribution in [0.25, 0.3) is 43.7 Å². The molecule has 0 aliphatic carbocycles. The van der Waals surface area contributed by atoms with Crippen molar-refractivity contribution in [1.82, 2.24) is 15.4 Å². The van der Waals surface area contributed by atoms with E-state index in [9.17, 15) is 17.6 Å². The molecule has 0 aliphatic rings. The van der Waals surface area contributed by atoms with Gasteiger partial charge in [-0.25, -0.2) is 17.6 Å². The summed E-state index contributed by atoms with van der Waals surface area (Å²) in [6, 6.07) is 15.5. The lowest BCUT2D eigenvalue weighted by atomic mass is 9.81. The van der Waals surface area contributed by atoms with Crippen LogP contribution in [0.2, 0.25) is 0 Å². The first-order chi connectivity index (χ1) is 15.2. The Morgan fingerprint density at radius 3 is 2.03 bits per heavy atom. The van der Waals surface area contributed by atoms with Gasteiger partial charge in [-0.2, -0.15) is 0 Å². The SMILES string of the molecule is CC(C)(C)c1cc(-c2nnnc3c(F)c(F)c(F)c(F)c23)cc2cc3ccccc3cc12. The number of aromatic nitrogens is 3. The van der Waals surface area contributed by atoms with E-state index in [1.54, 1.807) is 12.1 Å². The van der Waals surface area contributed by atoms with Crippen molar-refractivity contribution in [3.63, 3.8) is 0 Å². The van der Waals surface area contributed by atoms with Gasteiger partial charge in [0, 0.05) is 5.56 Å². The van der Waals surface area contributed by atoms with Gasteiger partial charge >= 0.3 is 0 Å². The van der Waals surface area contributed by atoms with Crippen molar-refractivity contribution >= 4 is 32.4 Å². The molecule has 0 saturated heterocycles. The van der Waals surface area contributed by atoms with Crippen LogP contribution in [0.5, 0.6) is 0 Å². The molecular weight excluding hydrogens is 418 g/mol. The predicted octanol–water partition coefficient (Wildman–Crippen LogP) is 6.85. The molecule has 32 heavy (non-hydrogen) atoms. The van der Waals surface area contributed by atoms with E-state index < -0.39 is 34.2 Å². The molecule has 4 aromatic carbocycles. The molecule has 0 saturated carbocycles. The number of rotatable bonds is 1. The molecule has 0 N–H and O–H groups in total. The molecule has 1 heterocycles. The minimum atomic E-state index is -1.93. The van der Waals surface area contributed by atoms with Gasteiger partial charge in [0.15, 0.2) is 23.3 Å².